The highest BCUT2D eigenvalue weighted by molar-refractivity contribution is 4.79. The second-order valence-corrected chi connectivity index (χ2v) is 3.37. The van der Waals surface area contributed by atoms with Crippen LogP contribution in [0.25, 0.3) is 0 Å². The van der Waals surface area contributed by atoms with E-state index in [-0.39, 0.29) is 0 Å². The summed E-state index contributed by atoms with van der Waals surface area (Å²) in [5.41, 5.74) is 0. The highest BCUT2D eigenvalue weighted by Crippen LogP contribution is 2.08. The molecule has 0 aromatic heterocycles. The summed E-state index contributed by atoms with van der Waals surface area (Å²) in [5.74, 6) is 5.79. The molecule has 60 valence electrons. The van der Waals surface area contributed by atoms with E-state index >= 15 is 0 Å². The Labute approximate surface area is 62.8 Å². The van der Waals surface area contributed by atoms with Gasteiger partial charge < -0.3 is 4.90 Å². The molecule has 1 aliphatic heterocycles. The highest BCUT2D eigenvalue weighted by Gasteiger charge is 2.24. The Balaban J connectivity index is 2.49. The van der Waals surface area contributed by atoms with Crippen LogP contribution in [0.3, 0.4) is 0 Å². The Morgan fingerprint density at radius 2 is 1.60 bits per heavy atom. The molecule has 0 radical (unpaired) electrons. The summed E-state index contributed by atoms with van der Waals surface area (Å²) in [5, 5.41) is 1.94. The van der Waals surface area contributed by atoms with E-state index in [0.29, 0.717) is 12.1 Å². The molecule has 0 aromatic carbocycles. The molecule has 1 aliphatic rings. The molecule has 1 saturated heterocycles. The van der Waals surface area contributed by atoms with Gasteiger partial charge in [-0.1, -0.05) is 0 Å². The maximum atomic E-state index is 5.79. The number of hydrazine groups is 1. The molecule has 2 unspecified atom stereocenters. The van der Waals surface area contributed by atoms with Crippen LogP contribution in [-0.2, 0) is 0 Å². The number of nitrogens with zero attached hydrogens (tertiary/aromatic N) is 2. The van der Waals surface area contributed by atoms with Crippen LogP contribution in [0.4, 0.5) is 0 Å². The van der Waals surface area contributed by atoms with Crippen molar-refractivity contribution in [1.29, 1.82) is 0 Å². The third-order valence-electron chi connectivity index (χ3n) is 2.17. The molecule has 1 fully saturated rings. The van der Waals surface area contributed by atoms with E-state index in [0.717, 1.165) is 13.1 Å². The highest BCUT2D eigenvalue weighted by atomic mass is 15.5. The van der Waals surface area contributed by atoms with Crippen molar-refractivity contribution in [3.05, 3.63) is 0 Å². The molecular formula is C7H17N3. The zero-order valence-corrected chi connectivity index (χ0v) is 7.04. The van der Waals surface area contributed by atoms with Crippen LogP contribution in [-0.4, -0.2) is 42.1 Å². The van der Waals surface area contributed by atoms with Crippen LogP contribution in [0.15, 0.2) is 0 Å². The summed E-state index contributed by atoms with van der Waals surface area (Å²) in [7, 11) is 2.14. The first-order chi connectivity index (χ1) is 4.61. The summed E-state index contributed by atoms with van der Waals surface area (Å²) in [6.07, 6.45) is 0. The Hall–Kier alpha value is -0.120. The van der Waals surface area contributed by atoms with E-state index in [1.165, 1.54) is 0 Å². The first-order valence-corrected chi connectivity index (χ1v) is 3.83. The molecule has 2 N–H and O–H groups in total. The lowest BCUT2D eigenvalue weighted by atomic mass is 10.1. The van der Waals surface area contributed by atoms with Gasteiger partial charge in [0.25, 0.3) is 0 Å². The number of likely N-dealkylation sites (N-methyl/N-ethyl adjacent to an activating group) is 1. The van der Waals surface area contributed by atoms with E-state index in [1.54, 1.807) is 0 Å². The van der Waals surface area contributed by atoms with Gasteiger partial charge in [-0.3, -0.25) is 5.84 Å². The molecule has 2 atom stereocenters. The lowest BCUT2D eigenvalue weighted by Gasteiger charge is -2.40. The minimum absolute atomic E-state index is 0.494. The number of hydrogen-bond donors (Lipinski definition) is 1. The Morgan fingerprint density at radius 1 is 1.20 bits per heavy atom. The Kier molecular flexibility index (Phi) is 2.28. The molecule has 0 amide bonds. The summed E-state index contributed by atoms with van der Waals surface area (Å²) in [6.45, 7) is 6.49. The largest absolute Gasteiger partial charge is 0.303 e. The molecule has 3 nitrogen and oxygen atoms in total. The van der Waals surface area contributed by atoms with Crippen molar-refractivity contribution in [2.75, 3.05) is 20.1 Å². The van der Waals surface area contributed by atoms with Crippen molar-refractivity contribution in [3.8, 4) is 0 Å². The Bertz CT molecular complexity index is 103. The number of rotatable bonds is 0. The third-order valence-corrected chi connectivity index (χ3v) is 2.17. The fraction of sp³-hybridized carbons (Fsp3) is 1.00. The number of nitrogens with two attached hydrogens (primary N) is 1. The third kappa shape index (κ3) is 1.48. The van der Waals surface area contributed by atoms with Gasteiger partial charge in [-0.05, 0) is 20.9 Å². The molecule has 0 spiro atoms. The van der Waals surface area contributed by atoms with Crippen LogP contribution in [0.2, 0.25) is 0 Å². The standard InChI is InChI=1S/C7H17N3/c1-6-4-9(3)5-7(2)10(6)8/h6-7H,4-5,8H2,1-3H3. The van der Waals surface area contributed by atoms with Gasteiger partial charge in [0.1, 0.15) is 0 Å². The van der Waals surface area contributed by atoms with Gasteiger partial charge >= 0.3 is 0 Å². The first kappa shape index (κ1) is 7.98. The summed E-state index contributed by atoms with van der Waals surface area (Å²) < 4.78 is 0. The minimum atomic E-state index is 0.494. The van der Waals surface area contributed by atoms with Gasteiger partial charge in [-0.25, -0.2) is 5.01 Å². The molecular weight excluding hydrogens is 126 g/mol. The van der Waals surface area contributed by atoms with Gasteiger partial charge in [0, 0.05) is 25.2 Å². The fourth-order valence-corrected chi connectivity index (χ4v) is 1.60. The molecule has 1 rings (SSSR count). The van der Waals surface area contributed by atoms with Crippen molar-refractivity contribution >= 4 is 0 Å². The fourth-order valence-electron chi connectivity index (χ4n) is 1.60. The molecule has 10 heavy (non-hydrogen) atoms. The quantitative estimate of drug-likeness (QED) is 0.480. The first-order valence-electron chi connectivity index (χ1n) is 3.83. The zero-order valence-electron chi connectivity index (χ0n) is 7.04. The summed E-state index contributed by atoms with van der Waals surface area (Å²) in [6, 6.07) is 0.988. The second kappa shape index (κ2) is 2.86. The number of piperazine rings is 1. The van der Waals surface area contributed by atoms with E-state index in [2.05, 4.69) is 25.8 Å². The van der Waals surface area contributed by atoms with Crippen molar-refractivity contribution < 1.29 is 0 Å². The van der Waals surface area contributed by atoms with E-state index in [1.807, 2.05) is 5.01 Å². The van der Waals surface area contributed by atoms with Crippen LogP contribution in [0.5, 0.6) is 0 Å². The average molecular weight is 143 g/mol. The van der Waals surface area contributed by atoms with Crippen molar-refractivity contribution in [2.45, 2.75) is 25.9 Å². The van der Waals surface area contributed by atoms with Gasteiger partial charge in [0.2, 0.25) is 0 Å². The van der Waals surface area contributed by atoms with E-state index in [4.69, 9.17) is 5.84 Å². The van der Waals surface area contributed by atoms with Crippen molar-refractivity contribution in [2.24, 2.45) is 5.84 Å². The van der Waals surface area contributed by atoms with E-state index < -0.39 is 0 Å². The lowest BCUT2D eigenvalue weighted by molar-refractivity contribution is 0.0524. The van der Waals surface area contributed by atoms with Gasteiger partial charge in [-0.15, -0.1) is 0 Å². The van der Waals surface area contributed by atoms with Crippen molar-refractivity contribution in [3.63, 3.8) is 0 Å². The molecule has 3 heteroatoms. The predicted molar refractivity (Wildman–Crippen MR) is 42.4 cm³/mol. The van der Waals surface area contributed by atoms with Gasteiger partial charge in [-0.2, -0.15) is 0 Å². The Morgan fingerprint density at radius 3 is 2.00 bits per heavy atom. The van der Waals surface area contributed by atoms with Gasteiger partial charge in [0.15, 0.2) is 0 Å². The normalized spacial score (nSPS) is 38.4. The van der Waals surface area contributed by atoms with Crippen molar-refractivity contribution in [1.82, 2.24) is 9.91 Å². The molecule has 0 saturated carbocycles. The van der Waals surface area contributed by atoms with E-state index in [9.17, 15) is 0 Å². The van der Waals surface area contributed by atoms with Crippen LogP contribution < -0.4 is 5.84 Å². The second-order valence-electron chi connectivity index (χ2n) is 3.37. The molecule has 0 aromatic rings. The van der Waals surface area contributed by atoms with Gasteiger partial charge in [0.05, 0.1) is 0 Å². The summed E-state index contributed by atoms with van der Waals surface area (Å²) >= 11 is 0. The maximum absolute atomic E-state index is 5.79. The minimum Gasteiger partial charge on any atom is -0.303 e. The lowest BCUT2D eigenvalue weighted by Crippen LogP contribution is -2.58. The SMILES string of the molecule is CC1CN(C)CC(C)N1N. The predicted octanol–water partition coefficient (Wildman–Crippen LogP) is -0.115. The molecule has 1 heterocycles. The maximum Gasteiger partial charge on any atom is 0.0343 e. The van der Waals surface area contributed by atoms with Crippen LogP contribution >= 0.6 is 0 Å². The average Bonchev–Trinajstić information content (AvgIpc) is 1.82. The summed E-state index contributed by atoms with van der Waals surface area (Å²) in [4.78, 5) is 2.32. The molecule has 0 aliphatic carbocycles. The monoisotopic (exact) mass is 143 g/mol. The zero-order chi connectivity index (χ0) is 7.72. The topological polar surface area (TPSA) is 32.5 Å². The smallest absolute Gasteiger partial charge is 0.0343 e. The molecule has 0 bridgehead atoms. The van der Waals surface area contributed by atoms with Crippen LogP contribution in [0, 0.1) is 0 Å². The number of hydrogen-bond acceptors (Lipinski definition) is 3. The van der Waals surface area contributed by atoms with Crippen LogP contribution in [0.1, 0.15) is 13.8 Å².